The first-order valence-electron chi connectivity index (χ1n) is 6.46. The van der Waals surface area contributed by atoms with Crippen molar-refractivity contribution >= 4 is 5.78 Å². The van der Waals surface area contributed by atoms with Crippen LogP contribution in [0.25, 0.3) is 0 Å². The fourth-order valence-electron chi connectivity index (χ4n) is 1.88. The molecule has 1 aromatic carbocycles. The predicted molar refractivity (Wildman–Crippen MR) is 73.9 cm³/mol. The number of benzene rings is 1. The van der Waals surface area contributed by atoms with Crippen LogP contribution in [0.5, 0.6) is 0 Å². The van der Waals surface area contributed by atoms with Crippen LogP contribution >= 0.6 is 0 Å². The molecule has 0 aliphatic heterocycles. The monoisotopic (exact) mass is 260 g/mol. The Morgan fingerprint density at radius 3 is 2.42 bits per heavy atom. The van der Waals surface area contributed by atoms with Gasteiger partial charge in [-0.05, 0) is 26.0 Å². The highest BCUT2D eigenvalue weighted by atomic mass is 16.3. The Morgan fingerprint density at radius 1 is 1.32 bits per heavy atom. The predicted octanol–water partition coefficient (Wildman–Crippen LogP) is 1.83. The topological polar surface area (TPSA) is 64.3 Å². The first kappa shape index (κ1) is 15.4. The molecule has 0 aliphatic rings. The number of carbonyl (C=O) groups excluding carboxylic acids is 1. The van der Waals surface area contributed by atoms with Crippen LogP contribution in [0.15, 0.2) is 24.3 Å². The molecule has 0 radical (unpaired) electrons. The van der Waals surface area contributed by atoms with Crippen molar-refractivity contribution in [2.75, 3.05) is 19.7 Å². The minimum atomic E-state index is 0.0630. The van der Waals surface area contributed by atoms with Gasteiger partial charge in [0, 0.05) is 31.1 Å². The molecule has 0 atom stereocenters. The third-order valence-corrected chi connectivity index (χ3v) is 3.08. The van der Waals surface area contributed by atoms with E-state index in [1.165, 1.54) is 0 Å². The molecule has 1 aromatic rings. The Bertz CT molecular complexity index is 446. The summed E-state index contributed by atoms with van der Waals surface area (Å²) in [5.41, 5.74) is 1.19. The average Bonchev–Trinajstić information content (AvgIpc) is 2.42. The van der Waals surface area contributed by atoms with E-state index < -0.39 is 0 Å². The molecule has 0 aliphatic carbocycles. The highest BCUT2D eigenvalue weighted by Crippen LogP contribution is 2.08. The lowest BCUT2D eigenvalue weighted by Gasteiger charge is -2.25. The van der Waals surface area contributed by atoms with Crippen LogP contribution in [0, 0.1) is 11.3 Å². The summed E-state index contributed by atoms with van der Waals surface area (Å²) >= 11 is 0. The first-order valence-corrected chi connectivity index (χ1v) is 6.46. The maximum absolute atomic E-state index is 12.0. The molecule has 0 unspecified atom stereocenters. The van der Waals surface area contributed by atoms with E-state index in [9.17, 15) is 4.79 Å². The summed E-state index contributed by atoms with van der Waals surface area (Å²) in [6.45, 7) is 5.41. The van der Waals surface area contributed by atoms with Gasteiger partial charge >= 0.3 is 0 Å². The standard InChI is InChI=1S/C15H20N2O2/c1-12(2)17(9-10-18)8-7-15(19)14-5-3-13(11-16)4-6-14/h3-6,12,18H,7-10H2,1-2H3. The van der Waals surface area contributed by atoms with Gasteiger partial charge in [0.15, 0.2) is 5.78 Å². The molecule has 1 N–H and O–H groups in total. The second kappa shape index (κ2) is 7.67. The molecule has 0 heterocycles. The smallest absolute Gasteiger partial charge is 0.164 e. The van der Waals surface area contributed by atoms with E-state index in [4.69, 9.17) is 10.4 Å². The summed E-state index contributed by atoms with van der Waals surface area (Å²) in [5.74, 6) is 0.0630. The number of ketones is 1. The number of nitriles is 1. The molecular weight excluding hydrogens is 240 g/mol. The number of Topliss-reactive ketones (excluding diaryl/α,β-unsaturated/α-hetero) is 1. The molecule has 4 heteroatoms. The van der Waals surface area contributed by atoms with Crippen LogP contribution in [0.1, 0.15) is 36.2 Å². The zero-order valence-electron chi connectivity index (χ0n) is 11.5. The highest BCUT2D eigenvalue weighted by molar-refractivity contribution is 5.96. The summed E-state index contributed by atoms with van der Waals surface area (Å²) in [7, 11) is 0. The molecule has 0 aromatic heterocycles. The van der Waals surface area contributed by atoms with Crippen molar-refractivity contribution in [3.05, 3.63) is 35.4 Å². The van der Waals surface area contributed by atoms with Crippen molar-refractivity contribution in [2.24, 2.45) is 0 Å². The fraction of sp³-hybridized carbons (Fsp3) is 0.467. The third-order valence-electron chi connectivity index (χ3n) is 3.08. The van der Waals surface area contributed by atoms with Crippen molar-refractivity contribution in [2.45, 2.75) is 26.3 Å². The second-order valence-corrected chi connectivity index (χ2v) is 4.72. The molecule has 4 nitrogen and oxygen atoms in total. The highest BCUT2D eigenvalue weighted by Gasteiger charge is 2.12. The third kappa shape index (κ3) is 4.82. The number of aliphatic hydroxyl groups is 1. The Morgan fingerprint density at radius 2 is 1.95 bits per heavy atom. The Balaban J connectivity index is 2.56. The molecule has 0 saturated heterocycles. The lowest BCUT2D eigenvalue weighted by molar-refractivity contribution is 0.0944. The molecule has 102 valence electrons. The van der Waals surface area contributed by atoms with Crippen LogP contribution in [0.4, 0.5) is 0 Å². The molecule has 1 rings (SSSR count). The summed E-state index contributed by atoms with van der Waals surface area (Å²) in [6.07, 6.45) is 0.421. The quantitative estimate of drug-likeness (QED) is 0.760. The Hall–Kier alpha value is -1.70. The van der Waals surface area contributed by atoms with Gasteiger partial charge in [-0.25, -0.2) is 0 Å². The molecular formula is C15H20N2O2. The number of hydrogen-bond donors (Lipinski definition) is 1. The average molecular weight is 260 g/mol. The van der Waals surface area contributed by atoms with Gasteiger partial charge in [0.05, 0.1) is 18.2 Å². The molecule has 0 saturated carbocycles. The fourth-order valence-corrected chi connectivity index (χ4v) is 1.88. The Kier molecular flexibility index (Phi) is 6.20. The summed E-state index contributed by atoms with van der Waals surface area (Å²) in [6, 6.07) is 9.02. The van der Waals surface area contributed by atoms with Crippen molar-refractivity contribution in [3.8, 4) is 6.07 Å². The summed E-state index contributed by atoms with van der Waals surface area (Å²) in [4.78, 5) is 14.1. The van der Waals surface area contributed by atoms with Crippen LogP contribution < -0.4 is 0 Å². The lowest BCUT2D eigenvalue weighted by atomic mass is 10.1. The van der Waals surface area contributed by atoms with Gasteiger partial charge in [0.1, 0.15) is 0 Å². The molecule has 0 fully saturated rings. The van der Waals surface area contributed by atoms with E-state index in [1.807, 2.05) is 19.9 Å². The zero-order chi connectivity index (χ0) is 14.3. The van der Waals surface area contributed by atoms with E-state index >= 15 is 0 Å². The Labute approximate surface area is 114 Å². The van der Waals surface area contributed by atoms with Crippen LogP contribution in [0.2, 0.25) is 0 Å². The SMILES string of the molecule is CC(C)N(CCO)CCC(=O)c1ccc(C#N)cc1. The van der Waals surface area contributed by atoms with Crippen LogP contribution in [-0.4, -0.2) is 41.5 Å². The van der Waals surface area contributed by atoms with Crippen molar-refractivity contribution in [1.29, 1.82) is 5.26 Å². The lowest BCUT2D eigenvalue weighted by Crippen LogP contribution is -2.35. The number of aliphatic hydroxyl groups excluding tert-OH is 1. The molecule has 0 spiro atoms. The van der Waals surface area contributed by atoms with Gasteiger partial charge < -0.3 is 5.11 Å². The van der Waals surface area contributed by atoms with Crippen LogP contribution in [-0.2, 0) is 0 Å². The van der Waals surface area contributed by atoms with Gasteiger partial charge in [-0.2, -0.15) is 5.26 Å². The zero-order valence-corrected chi connectivity index (χ0v) is 11.5. The second-order valence-electron chi connectivity index (χ2n) is 4.72. The molecule has 0 bridgehead atoms. The van der Waals surface area contributed by atoms with E-state index in [2.05, 4.69) is 4.90 Å². The number of rotatable bonds is 7. The van der Waals surface area contributed by atoms with Gasteiger partial charge in [0.2, 0.25) is 0 Å². The number of carbonyl (C=O) groups is 1. The van der Waals surface area contributed by atoms with E-state index in [0.29, 0.717) is 36.7 Å². The number of nitrogens with zero attached hydrogens (tertiary/aromatic N) is 2. The molecule has 19 heavy (non-hydrogen) atoms. The first-order chi connectivity index (χ1) is 9.08. The maximum atomic E-state index is 12.0. The van der Waals surface area contributed by atoms with Crippen molar-refractivity contribution < 1.29 is 9.90 Å². The maximum Gasteiger partial charge on any atom is 0.164 e. The number of hydrogen-bond acceptors (Lipinski definition) is 4. The van der Waals surface area contributed by atoms with E-state index in [-0.39, 0.29) is 12.4 Å². The summed E-state index contributed by atoms with van der Waals surface area (Å²) in [5, 5.41) is 17.7. The van der Waals surface area contributed by atoms with Gasteiger partial charge in [-0.1, -0.05) is 12.1 Å². The van der Waals surface area contributed by atoms with Crippen molar-refractivity contribution in [3.63, 3.8) is 0 Å². The van der Waals surface area contributed by atoms with Gasteiger partial charge in [-0.15, -0.1) is 0 Å². The van der Waals surface area contributed by atoms with E-state index in [1.54, 1.807) is 24.3 Å². The van der Waals surface area contributed by atoms with Crippen LogP contribution in [0.3, 0.4) is 0 Å². The van der Waals surface area contributed by atoms with Gasteiger partial charge in [0.25, 0.3) is 0 Å². The minimum Gasteiger partial charge on any atom is -0.395 e. The van der Waals surface area contributed by atoms with E-state index in [0.717, 1.165) is 0 Å². The minimum absolute atomic E-state index is 0.0630. The normalized spacial score (nSPS) is 10.7. The molecule has 0 amide bonds. The van der Waals surface area contributed by atoms with Crippen molar-refractivity contribution in [1.82, 2.24) is 4.90 Å². The van der Waals surface area contributed by atoms with Gasteiger partial charge in [-0.3, -0.25) is 9.69 Å². The largest absolute Gasteiger partial charge is 0.395 e. The summed E-state index contributed by atoms with van der Waals surface area (Å²) < 4.78 is 0.